The molecule has 1 aliphatic rings. The largest absolute Gasteiger partial charge is 0.494 e. The number of nitrogens with one attached hydrogen (secondary N) is 2. The number of unbranched alkanes of at least 4 members (excludes halogenated alkanes) is 1. The number of hydrogen-bond acceptors (Lipinski definition) is 6. The van der Waals surface area contributed by atoms with Crippen molar-refractivity contribution in [3.63, 3.8) is 0 Å². The van der Waals surface area contributed by atoms with Crippen molar-refractivity contribution in [3.8, 4) is 11.6 Å². The van der Waals surface area contributed by atoms with Crippen LogP contribution in [0.15, 0.2) is 66.5 Å². The molecule has 0 radical (unpaired) electrons. The van der Waals surface area contributed by atoms with Gasteiger partial charge in [0.25, 0.3) is 11.8 Å². The molecule has 2 amide bonds. The van der Waals surface area contributed by atoms with Crippen molar-refractivity contribution in [2.45, 2.75) is 50.5 Å². The van der Waals surface area contributed by atoms with E-state index in [4.69, 9.17) is 9.47 Å². The average Bonchev–Trinajstić information content (AvgIpc) is 2.96. The van der Waals surface area contributed by atoms with E-state index in [2.05, 4.69) is 15.3 Å². The molecule has 0 saturated carbocycles. The number of ether oxygens (including phenoxy) is 2. The number of alkyl halides is 6. The van der Waals surface area contributed by atoms with E-state index in [0.717, 1.165) is 17.7 Å². The van der Waals surface area contributed by atoms with E-state index in [-0.39, 0.29) is 53.6 Å². The Bertz CT molecular complexity index is 1500. The summed E-state index contributed by atoms with van der Waals surface area (Å²) in [5.41, 5.74) is -2.86. The number of amides is 2. The number of aryl methyl sites for hydroxylation is 1. The molecule has 2 heterocycles. The normalized spacial score (nSPS) is 17.2. The van der Waals surface area contributed by atoms with Gasteiger partial charge in [0.05, 0.1) is 26.1 Å². The zero-order chi connectivity index (χ0) is 32.1. The molecule has 4 rings (SSSR count). The predicted octanol–water partition coefficient (Wildman–Crippen LogP) is 6.28. The summed E-state index contributed by atoms with van der Waals surface area (Å²) in [6, 6.07) is 11.1. The van der Waals surface area contributed by atoms with Crippen LogP contribution in [-0.4, -0.2) is 47.9 Å². The second-order valence-corrected chi connectivity index (χ2v) is 10.1. The van der Waals surface area contributed by atoms with E-state index in [1.165, 1.54) is 43.8 Å². The van der Waals surface area contributed by atoms with Crippen molar-refractivity contribution in [1.29, 1.82) is 0 Å². The molecule has 2 aromatic carbocycles. The molecule has 8 nitrogen and oxygen atoms in total. The predicted molar refractivity (Wildman–Crippen MR) is 148 cm³/mol. The smallest absolute Gasteiger partial charge is 0.416 e. The van der Waals surface area contributed by atoms with Crippen LogP contribution in [0.4, 0.5) is 32.2 Å². The summed E-state index contributed by atoms with van der Waals surface area (Å²) in [6.07, 6.45) is -8.75. The van der Waals surface area contributed by atoms with E-state index in [1.807, 2.05) is 5.32 Å². The Morgan fingerprint density at radius 3 is 2.23 bits per heavy atom. The van der Waals surface area contributed by atoms with Gasteiger partial charge in [-0.2, -0.15) is 26.3 Å². The first kappa shape index (κ1) is 32.3. The minimum Gasteiger partial charge on any atom is -0.494 e. The first-order chi connectivity index (χ1) is 20.7. The molecule has 0 bridgehead atoms. The van der Waals surface area contributed by atoms with Crippen molar-refractivity contribution in [3.05, 3.63) is 83.2 Å². The minimum atomic E-state index is -5.01. The average molecular weight is 623 g/mol. The van der Waals surface area contributed by atoms with Crippen LogP contribution in [0.3, 0.4) is 0 Å². The van der Waals surface area contributed by atoms with Gasteiger partial charge in [-0.3, -0.25) is 9.59 Å². The summed E-state index contributed by atoms with van der Waals surface area (Å²) >= 11 is 0. The molecule has 3 aromatic rings. The Morgan fingerprint density at radius 1 is 0.977 bits per heavy atom. The van der Waals surface area contributed by atoms with E-state index >= 15 is 0 Å². The van der Waals surface area contributed by atoms with Gasteiger partial charge in [-0.15, -0.1) is 0 Å². The molecule has 1 aromatic heterocycles. The third-order valence-corrected chi connectivity index (χ3v) is 6.96. The number of carbonyl (C=O) groups excluding carboxylic acids is 2. The Balaban J connectivity index is 1.67. The van der Waals surface area contributed by atoms with Crippen LogP contribution in [0.25, 0.3) is 5.57 Å². The van der Waals surface area contributed by atoms with Gasteiger partial charge >= 0.3 is 12.4 Å². The van der Waals surface area contributed by atoms with Gasteiger partial charge in [-0.1, -0.05) is 42.0 Å². The molecule has 0 fully saturated rings. The van der Waals surface area contributed by atoms with E-state index in [0.29, 0.717) is 0 Å². The fraction of sp³-hybridized carbons (Fsp3) is 0.333. The van der Waals surface area contributed by atoms with Gasteiger partial charge in [0.1, 0.15) is 11.3 Å². The van der Waals surface area contributed by atoms with Crippen molar-refractivity contribution in [1.82, 2.24) is 15.3 Å². The Kier molecular flexibility index (Phi) is 9.50. The molecular weight excluding hydrogens is 594 g/mol. The summed E-state index contributed by atoms with van der Waals surface area (Å²) in [7, 11) is 1.36. The molecule has 1 unspecified atom stereocenters. The third-order valence-electron chi connectivity index (χ3n) is 6.96. The molecule has 1 aliphatic heterocycles. The quantitative estimate of drug-likeness (QED) is 0.157. The first-order valence-electron chi connectivity index (χ1n) is 13.4. The SMILES string of the molecule is COc1cnc(NC(=O)C2=C(c3ccc(C)cc3)CC(c3ccc(OCCCCC(F)(F)F)cc3)(C(F)(F)F)NC2=O)cn1. The van der Waals surface area contributed by atoms with Crippen LogP contribution in [0.2, 0.25) is 0 Å². The molecule has 1 atom stereocenters. The maximum Gasteiger partial charge on any atom is 0.416 e. The molecule has 0 saturated heterocycles. The fourth-order valence-corrected chi connectivity index (χ4v) is 4.66. The Morgan fingerprint density at radius 2 is 1.66 bits per heavy atom. The number of methoxy groups -OCH3 is 1. The maximum absolute atomic E-state index is 14.9. The zero-order valence-corrected chi connectivity index (χ0v) is 23.6. The highest BCUT2D eigenvalue weighted by molar-refractivity contribution is 6.28. The summed E-state index contributed by atoms with van der Waals surface area (Å²) in [4.78, 5) is 34.7. The molecule has 14 heteroatoms. The molecule has 0 spiro atoms. The van der Waals surface area contributed by atoms with Gasteiger partial charge in [0, 0.05) is 12.8 Å². The van der Waals surface area contributed by atoms with E-state index < -0.39 is 48.1 Å². The third kappa shape index (κ3) is 7.47. The number of rotatable bonds is 10. The Hall–Kier alpha value is -4.62. The van der Waals surface area contributed by atoms with Crippen molar-refractivity contribution >= 4 is 23.2 Å². The molecular formula is C30H28F6N4O4. The summed E-state index contributed by atoms with van der Waals surface area (Å²) in [6.45, 7) is 1.72. The topological polar surface area (TPSA) is 102 Å². The van der Waals surface area contributed by atoms with Crippen LogP contribution in [0.1, 0.15) is 42.4 Å². The number of nitrogens with zero attached hydrogens (tertiary/aromatic N) is 2. The van der Waals surface area contributed by atoms with Crippen LogP contribution in [-0.2, 0) is 15.1 Å². The standard InChI is InChI=1S/C30H28F6N4O4/c1-18-5-7-19(8-6-18)22-15-28(30(34,35)36,20-9-11-21(12-10-20)44-14-4-3-13-29(31,32)33)40-27(42)25(22)26(41)39-23-16-38-24(43-2)17-37-23/h5-12,16-17H,3-4,13-15H2,1-2H3,(H,40,42)(H,37,39,41). The number of carbonyl (C=O) groups is 2. The number of anilines is 1. The Labute approximate surface area is 248 Å². The van der Waals surface area contributed by atoms with Gasteiger partial charge in [-0.25, -0.2) is 9.97 Å². The van der Waals surface area contributed by atoms with Gasteiger partial charge < -0.3 is 20.1 Å². The van der Waals surface area contributed by atoms with Crippen molar-refractivity contribution < 1.29 is 45.4 Å². The number of benzene rings is 2. The number of halogens is 6. The van der Waals surface area contributed by atoms with Crippen molar-refractivity contribution in [2.24, 2.45) is 0 Å². The lowest BCUT2D eigenvalue weighted by Gasteiger charge is -2.41. The van der Waals surface area contributed by atoms with Crippen LogP contribution in [0.5, 0.6) is 11.6 Å². The molecule has 234 valence electrons. The lowest BCUT2D eigenvalue weighted by Crippen LogP contribution is -2.59. The van der Waals surface area contributed by atoms with Gasteiger partial charge in [0.2, 0.25) is 5.88 Å². The number of hydrogen-bond donors (Lipinski definition) is 2. The lowest BCUT2D eigenvalue weighted by molar-refractivity contribution is -0.201. The van der Waals surface area contributed by atoms with E-state index in [9.17, 15) is 35.9 Å². The first-order valence-corrected chi connectivity index (χ1v) is 13.4. The molecule has 0 aliphatic carbocycles. The summed E-state index contributed by atoms with van der Waals surface area (Å²) in [5.74, 6) is -1.99. The van der Waals surface area contributed by atoms with Gasteiger partial charge in [-0.05, 0) is 48.6 Å². The molecule has 44 heavy (non-hydrogen) atoms. The number of aromatic nitrogens is 2. The summed E-state index contributed by atoms with van der Waals surface area (Å²) < 4.78 is 92.2. The summed E-state index contributed by atoms with van der Waals surface area (Å²) in [5, 5.41) is 4.45. The molecule has 2 N–H and O–H groups in total. The minimum absolute atomic E-state index is 0.0546. The highest BCUT2D eigenvalue weighted by Gasteiger charge is 2.60. The van der Waals surface area contributed by atoms with Gasteiger partial charge in [0.15, 0.2) is 11.4 Å². The fourth-order valence-electron chi connectivity index (χ4n) is 4.66. The van der Waals surface area contributed by atoms with Crippen LogP contribution in [0, 0.1) is 6.92 Å². The zero-order valence-electron chi connectivity index (χ0n) is 23.6. The van der Waals surface area contributed by atoms with Crippen LogP contribution < -0.4 is 20.1 Å². The second-order valence-electron chi connectivity index (χ2n) is 10.1. The van der Waals surface area contributed by atoms with Crippen LogP contribution >= 0.6 is 0 Å². The van der Waals surface area contributed by atoms with Crippen molar-refractivity contribution in [2.75, 3.05) is 19.0 Å². The maximum atomic E-state index is 14.9. The second kappa shape index (κ2) is 12.9. The highest BCUT2D eigenvalue weighted by Crippen LogP contribution is 2.48. The van der Waals surface area contributed by atoms with E-state index in [1.54, 1.807) is 19.1 Å². The monoisotopic (exact) mass is 622 g/mol. The highest BCUT2D eigenvalue weighted by atomic mass is 19.4. The lowest BCUT2D eigenvalue weighted by atomic mass is 9.76.